The van der Waals surface area contributed by atoms with Gasteiger partial charge in [0.2, 0.25) is 5.91 Å². The Morgan fingerprint density at radius 2 is 2.04 bits per heavy atom. The van der Waals surface area contributed by atoms with Gasteiger partial charge in [-0.1, -0.05) is 12.1 Å². The van der Waals surface area contributed by atoms with Gasteiger partial charge in [-0.25, -0.2) is 4.39 Å². The molecule has 0 radical (unpaired) electrons. The first kappa shape index (κ1) is 18.3. The summed E-state index contributed by atoms with van der Waals surface area (Å²) in [5, 5.41) is 0. The maximum atomic E-state index is 13.4. The second-order valence-corrected chi connectivity index (χ2v) is 6.40. The lowest BCUT2D eigenvalue weighted by atomic mass is 10.0. The van der Waals surface area contributed by atoms with E-state index in [0.717, 1.165) is 24.6 Å². The number of likely N-dealkylation sites (tertiary alicyclic amines) is 1. The maximum absolute atomic E-state index is 13.4. The molecule has 2 amide bonds. The Morgan fingerprint density at radius 1 is 1.29 bits per heavy atom. The number of primary amides is 1. The molecule has 0 aromatic heterocycles. The number of nitrogens with two attached hydrogens (primary N) is 1. The highest BCUT2D eigenvalue weighted by Gasteiger charge is 2.30. The zero-order valence-corrected chi connectivity index (χ0v) is 13.9. The molecule has 1 aliphatic heterocycles. The van der Waals surface area contributed by atoms with E-state index in [-0.39, 0.29) is 5.75 Å². The van der Waals surface area contributed by atoms with Crippen molar-refractivity contribution in [3.8, 4) is 0 Å². The summed E-state index contributed by atoms with van der Waals surface area (Å²) in [5.41, 5.74) is 5.30. The number of hydrogen-bond donors (Lipinski definition) is 1. The summed E-state index contributed by atoms with van der Waals surface area (Å²) in [7, 11) is 0. The van der Waals surface area contributed by atoms with Gasteiger partial charge in [-0.05, 0) is 31.4 Å². The number of nitrogens with zero attached hydrogens (tertiary/aromatic N) is 1. The number of carbonyl (C=O) groups excluding carboxylic acids is 3. The Kier molecular flexibility index (Phi) is 6.60. The van der Waals surface area contributed by atoms with Gasteiger partial charge in [-0.15, -0.1) is 11.8 Å². The highest BCUT2D eigenvalue weighted by molar-refractivity contribution is 8.00. The van der Waals surface area contributed by atoms with E-state index in [1.807, 2.05) is 0 Å². The van der Waals surface area contributed by atoms with Crippen LogP contribution in [0.25, 0.3) is 0 Å². The maximum Gasteiger partial charge on any atom is 0.316 e. The number of halogens is 1. The lowest BCUT2D eigenvalue weighted by Crippen LogP contribution is -2.51. The molecule has 2 N–H and O–H groups in total. The largest absolute Gasteiger partial charge is 0.455 e. The van der Waals surface area contributed by atoms with E-state index in [2.05, 4.69) is 0 Å². The molecule has 8 heteroatoms. The number of esters is 1. The van der Waals surface area contributed by atoms with Crippen LogP contribution in [0, 0.1) is 5.82 Å². The SMILES string of the molecule is NC(=O)[C@@H]1CCCCN1C(=O)COC(=O)CSc1ccccc1F. The fraction of sp³-hybridized carbons (Fsp3) is 0.438. The van der Waals surface area contributed by atoms with Gasteiger partial charge in [-0.3, -0.25) is 14.4 Å². The first-order valence-electron chi connectivity index (χ1n) is 7.61. The number of piperidine rings is 1. The van der Waals surface area contributed by atoms with Crippen molar-refractivity contribution in [3.05, 3.63) is 30.1 Å². The highest BCUT2D eigenvalue weighted by Crippen LogP contribution is 2.21. The minimum atomic E-state index is -0.641. The molecule has 0 saturated carbocycles. The van der Waals surface area contributed by atoms with Gasteiger partial charge in [0.05, 0.1) is 5.75 Å². The van der Waals surface area contributed by atoms with E-state index >= 15 is 0 Å². The van der Waals surface area contributed by atoms with E-state index < -0.39 is 36.2 Å². The lowest BCUT2D eigenvalue weighted by molar-refractivity contribution is -0.153. The van der Waals surface area contributed by atoms with E-state index in [9.17, 15) is 18.8 Å². The summed E-state index contributed by atoms with van der Waals surface area (Å²) in [6.07, 6.45) is 2.14. The van der Waals surface area contributed by atoms with E-state index in [1.54, 1.807) is 18.2 Å². The molecule has 1 aliphatic rings. The van der Waals surface area contributed by atoms with Crippen molar-refractivity contribution in [2.45, 2.75) is 30.2 Å². The van der Waals surface area contributed by atoms with Crippen LogP contribution in [0.5, 0.6) is 0 Å². The van der Waals surface area contributed by atoms with Crippen LogP contribution in [0.2, 0.25) is 0 Å². The van der Waals surface area contributed by atoms with Crippen molar-refractivity contribution >= 4 is 29.5 Å². The normalized spacial score (nSPS) is 17.4. The van der Waals surface area contributed by atoms with Gasteiger partial charge < -0.3 is 15.4 Å². The Morgan fingerprint density at radius 3 is 2.75 bits per heavy atom. The summed E-state index contributed by atoms with van der Waals surface area (Å²) in [5.74, 6) is -2.13. The number of thioether (sulfide) groups is 1. The van der Waals surface area contributed by atoms with Crippen LogP contribution in [0.4, 0.5) is 4.39 Å². The van der Waals surface area contributed by atoms with Gasteiger partial charge in [0, 0.05) is 11.4 Å². The summed E-state index contributed by atoms with van der Waals surface area (Å²) < 4.78 is 18.4. The standard InChI is InChI=1S/C16H19FN2O4S/c17-11-5-1-2-7-13(11)24-10-15(21)23-9-14(20)19-8-4-3-6-12(19)16(18)22/h1-2,5,7,12H,3-4,6,8-10H2,(H2,18,22)/t12-/m0/s1. The molecule has 0 unspecified atom stereocenters. The van der Waals surface area contributed by atoms with Gasteiger partial charge in [-0.2, -0.15) is 0 Å². The second-order valence-electron chi connectivity index (χ2n) is 5.38. The first-order chi connectivity index (χ1) is 11.5. The summed E-state index contributed by atoms with van der Waals surface area (Å²) >= 11 is 0.999. The van der Waals surface area contributed by atoms with Crippen molar-refractivity contribution in [2.24, 2.45) is 5.73 Å². The topological polar surface area (TPSA) is 89.7 Å². The zero-order chi connectivity index (χ0) is 17.5. The number of ether oxygens (including phenoxy) is 1. The quantitative estimate of drug-likeness (QED) is 0.615. The zero-order valence-electron chi connectivity index (χ0n) is 13.1. The molecule has 6 nitrogen and oxygen atoms in total. The molecule has 1 heterocycles. The molecule has 24 heavy (non-hydrogen) atoms. The Hall–Kier alpha value is -2.09. The van der Waals surface area contributed by atoms with Gasteiger partial charge in [0.25, 0.3) is 5.91 Å². The lowest BCUT2D eigenvalue weighted by Gasteiger charge is -2.33. The monoisotopic (exact) mass is 354 g/mol. The number of hydrogen-bond acceptors (Lipinski definition) is 5. The number of amides is 2. The molecule has 1 saturated heterocycles. The average Bonchev–Trinajstić information content (AvgIpc) is 2.59. The molecule has 0 bridgehead atoms. The van der Waals surface area contributed by atoms with Crippen molar-refractivity contribution in [1.82, 2.24) is 4.90 Å². The highest BCUT2D eigenvalue weighted by atomic mass is 32.2. The van der Waals surface area contributed by atoms with Crippen LogP contribution in [0.3, 0.4) is 0 Å². The van der Waals surface area contributed by atoms with Crippen LogP contribution in [-0.2, 0) is 19.1 Å². The van der Waals surface area contributed by atoms with Gasteiger partial charge in [0.15, 0.2) is 6.61 Å². The van der Waals surface area contributed by atoms with E-state index in [1.165, 1.54) is 11.0 Å². The molecule has 1 aromatic rings. The van der Waals surface area contributed by atoms with Crippen molar-refractivity contribution < 1.29 is 23.5 Å². The smallest absolute Gasteiger partial charge is 0.316 e. The average molecular weight is 354 g/mol. The predicted octanol–water partition coefficient (Wildman–Crippen LogP) is 1.33. The van der Waals surface area contributed by atoms with Gasteiger partial charge in [0.1, 0.15) is 11.9 Å². The van der Waals surface area contributed by atoms with Crippen molar-refractivity contribution in [3.63, 3.8) is 0 Å². The minimum absolute atomic E-state index is 0.104. The minimum Gasteiger partial charge on any atom is -0.455 e. The third-order valence-corrected chi connectivity index (χ3v) is 4.71. The Labute approximate surface area is 143 Å². The second kappa shape index (κ2) is 8.68. The van der Waals surface area contributed by atoms with Crippen LogP contribution in [0.15, 0.2) is 29.2 Å². The van der Waals surface area contributed by atoms with Crippen molar-refractivity contribution in [2.75, 3.05) is 18.9 Å². The third kappa shape index (κ3) is 4.95. The molecule has 1 fully saturated rings. The molecule has 1 aromatic carbocycles. The number of carbonyl (C=O) groups is 3. The third-order valence-electron chi connectivity index (χ3n) is 3.69. The Bertz CT molecular complexity index is 626. The molecular weight excluding hydrogens is 335 g/mol. The number of benzene rings is 1. The summed E-state index contributed by atoms with van der Waals surface area (Å²) in [4.78, 5) is 36.9. The van der Waals surface area contributed by atoms with Crippen molar-refractivity contribution in [1.29, 1.82) is 0 Å². The summed E-state index contributed by atoms with van der Waals surface area (Å²) in [6.45, 7) is -0.0194. The molecule has 0 aliphatic carbocycles. The Balaban J connectivity index is 1.79. The number of rotatable bonds is 6. The first-order valence-corrected chi connectivity index (χ1v) is 8.59. The van der Waals surface area contributed by atoms with Gasteiger partial charge >= 0.3 is 5.97 Å². The van der Waals surface area contributed by atoms with Crippen LogP contribution in [0.1, 0.15) is 19.3 Å². The predicted molar refractivity (Wildman–Crippen MR) is 86.6 cm³/mol. The molecule has 2 rings (SSSR count). The van der Waals surface area contributed by atoms with E-state index in [4.69, 9.17) is 10.5 Å². The molecule has 130 valence electrons. The fourth-order valence-corrected chi connectivity index (χ4v) is 3.23. The van der Waals surface area contributed by atoms with Crippen LogP contribution >= 0.6 is 11.8 Å². The fourth-order valence-electron chi connectivity index (χ4n) is 2.49. The van der Waals surface area contributed by atoms with Crippen LogP contribution < -0.4 is 5.73 Å². The summed E-state index contributed by atoms with van der Waals surface area (Å²) in [6, 6.07) is 5.45. The van der Waals surface area contributed by atoms with E-state index in [0.29, 0.717) is 17.9 Å². The molecule has 1 atom stereocenters. The molecular formula is C16H19FN2O4S. The van der Waals surface area contributed by atoms with Crippen LogP contribution in [-0.4, -0.2) is 47.6 Å². The molecule has 0 spiro atoms.